The van der Waals surface area contributed by atoms with E-state index in [9.17, 15) is 17.6 Å². The highest BCUT2D eigenvalue weighted by Crippen LogP contribution is 2.25. The third-order valence-electron chi connectivity index (χ3n) is 4.26. The zero-order valence-electron chi connectivity index (χ0n) is 16.6. The molecular formula is C20H23Cl2FN2O3S2. The fourth-order valence-corrected chi connectivity index (χ4v) is 5.39. The third-order valence-corrected chi connectivity index (χ3v) is 7.04. The van der Waals surface area contributed by atoms with Crippen molar-refractivity contribution in [1.82, 2.24) is 5.32 Å². The molecule has 0 aromatic heterocycles. The second kappa shape index (κ2) is 11.2. The predicted octanol–water partition coefficient (Wildman–Crippen LogP) is 4.73. The molecule has 0 saturated carbocycles. The lowest BCUT2D eigenvalue weighted by Gasteiger charge is -2.30. The van der Waals surface area contributed by atoms with Crippen LogP contribution in [0.5, 0.6) is 0 Å². The number of sulfonamides is 1. The maximum absolute atomic E-state index is 13.8. The topological polar surface area (TPSA) is 66.5 Å². The highest BCUT2D eigenvalue weighted by atomic mass is 35.5. The van der Waals surface area contributed by atoms with Gasteiger partial charge in [-0.2, -0.15) is 11.8 Å². The Hall–Kier alpha value is -1.48. The Bertz CT molecular complexity index is 952. The van der Waals surface area contributed by atoms with Crippen LogP contribution in [0.25, 0.3) is 0 Å². The first-order valence-electron chi connectivity index (χ1n) is 9.18. The first-order chi connectivity index (χ1) is 14.1. The average molecular weight is 493 g/mol. The number of carbonyl (C=O) groups is 1. The minimum atomic E-state index is -3.70. The van der Waals surface area contributed by atoms with Gasteiger partial charge in [-0.15, -0.1) is 0 Å². The second-order valence-electron chi connectivity index (χ2n) is 6.50. The number of anilines is 1. The Morgan fingerprint density at radius 1 is 1.20 bits per heavy atom. The number of hydrogen-bond acceptors (Lipinski definition) is 4. The summed E-state index contributed by atoms with van der Waals surface area (Å²) in [6, 6.07) is 9.91. The number of benzene rings is 2. The molecule has 164 valence electrons. The molecule has 0 aliphatic heterocycles. The summed E-state index contributed by atoms with van der Waals surface area (Å²) >= 11 is 13.3. The molecule has 0 fully saturated rings. The molecule has 30 heavy (non-hydrogen) atoms. The van der Waals surface area contributed by atoms with Crippen LogP contribution in [-0.4, -0.2) is 38.9 Å². The lowest BCUT2D eigenvalue weighted by Crippen LogP contribution is -2.49. The van der Waals surface area contributed by atoms with E-state index in [1.54, 1.807) is 43.3 Å². The van der Waals surface area contributed by atoms with Crippen LogP contribution in [0.3, 0.4) is 0 Å². The van der Waals surface area contributed by atoms with Crippen molar-refractivity contribution in [2.75, 3.05) is 22.9 Å². The summed E-state index contributed by atoms with van der Waals surface area (Å²) in [5, 5.41) is 3.60. The van der Waals surface area contributed by atoms with Gasteiger partial charge in [0.15, 0.2) is 0 Å². The molecule has 2 rings (SSSR count). The van der Waals surface area contributed by atoms with E-state index in [2.05, 4.69) is 5.32 Å². The summed E-state index contributed by atoms with van der Waals surface area (Å²) in [7, 11) is -3.70. The number of amides is 1. The SMILES string of the molecule is CC[C@H](C(=O)NCCSCc1c(F)cccc1Cl)N(c1ccc(Cl)cc1)S(C)(=O)=O. The predicted molar refractivity (Wildman–Crippen MR) is 123 cm³/mol. The van der Waals surface area contributed by atoms with Crippen LogP contribution in [0.1, 0.15) is 18.9 Å². The minimum absolute atomic E-state index is 0.291. The molecule has 1 N–H and O–H groups in total. The molecular weight excluding hydrogens is 470 g/mol. The van der Waals surface area contributed by atoms with Gasteiger partial charge in [0.25, 0.3) is 0 Å². The Morgan fingerprint density at radius 2 is 1.87 bits per heavy atom. The van der Waals surface area contributed by atoms with Gasteiger partial charge in [0, 0.05) is 33.7 Å². The van der Waals surface area contributed by atoms with E-state index in [0.717, 1.165) is 10.6 Å². The van der Waals surface area contributed by atoms with Crippen LogP contribution in [0.2, 0.25) is 10.0 Å². The lowest BCUT2D eigenvalue weighted by molar-refractivity contribution is -0.122. The molecule has 0 spiro atoms. The summed E-state index contributed by atoms with van der Waals surface area (Å²) in [4.78, 5) is 12.7. The first-order valence-corrected chi connectivity index (χ1v) is 12.9. The molecule has 0 unspecified atom stereocenters. The van der Waals surface area contributed by atoms with Crippen molar-refractivity contribution in [2.24, 2.45) is 0 Å². The van der Waals surface area contributed by atoms with Gasteiger partial charge in [0.2, 0.25) is 15.9 Å². The van der Waals surface area contributed by atoms with E-state index in [1.807, 2.05) is 0 Å². The molecule has 0 radical (unpaired) electrons. The largest absolute Gasteiger partial charge is 0.353 e. The number of hydrogen-bond donors (Lipinski definition) is 1. The fourth-order valence-electron chi connectivity index (χ4n) is 2.86. The molecule has 0 aliphatic rings. The van der Waals surface area contributed by atoms with E-state index < -0.39 is 22.0 Å². The molecule has 0 saturated heterocycles. The molecule has 0 aliphatic carbocycles. The molecule has 10 heteroatoms. The third kappa shape index (κ3) is 6.77. The van der Waals surface area contributed by atoms with Gasteiger partial charge in [-0.25, -0.2) is 12.8 Å². The first kappa shape index (κ1) is 24.8. The zero-order valence-corrected chi connectivity index (χ0v) is 19.7. The number of rotatable bonds is 10. The van der Waals surface area contributed by atoms with Crippen molar-refractivity contribution in [3.05, 3.63) is 63.9 Å². The van der Waals surface area contributed by atoms with Gasteiger partial charge in [-0.1, -0.05) is 36.2 Å². The van der Waals surface area contributed by atoms with E-state index in [-0.39, 0.29) is 5.82 Å². The van der Waals surface area contributed by atoms with Crippen LogP contribution >= 0.6 is 35.0 Å². The van der Waals surface area contributed by atoms with Gasteiger partial charge in [-0.05, 0) is 42.8 Å². The molecule has 0 heterocycles. The number of halogens is 3. The number of thioether (sulfide) groups is 1. The maximum atomic E-state index is 13.8. The summed E-state index contributed by atoms with van der Waals surface area (Å²) in [5.74, 6) is 0.130. The van der Waals surface area contributed by atoms with Crippen LogP contribution in [0, 0.1) is 5.82 Å². The molecule has 2 aromatic rings. The number of carbonyl (C=O) groups excluding carboxylic acids is 1. The second-order valence-corrected chi connectivity index (χ2v) is 10.3. The molecule has 2 aromatic carbocycles. The van der Waals surface area contributed by atoms with Crippen molar-refractivity contribution < 1.29 is 17.6 Å². The Balaban J connectivity index is 1.98. The summed E-state index contributed by atoms with van der Waals surface area (Å²) in [5.41, 5.74) is 0.792. The average Bonchev–Trinajstić information content (AvgIpc) is 2.67. The van der Waals surface area contributed by atoms with Crippen molar-refractivity contribution in [2.45, 2.75) is 25.1 Å². The van der Waals surface area contributed by atoms with Crippen LogP contribution < -0.4 is 9.62 Å². The normalized spacial score (nSPS) is 12.4. The Morgan fingerprint density at radius 3 is 2.43 bits per heavy atom. The monoisotopic (exact) mass is 492 g/mol. The fraction of sp³-hybridized carbons (Fsp3) is 0.350. The summed E-state index contributed by atoms with van der Waals surface area (Å²) in [6.07, 6.45) is 1.35. The van der Waals surface area contributed by atoms with E-state index in [4.69, 9.17) is 23.2 Å². The highest BCUT2D eigenvalue weighted by Gasteiger charge is 2.31. The van der Waals surface area contributed by atoms with Crippen molar-refractivity contribution in [1.29, 1.82) is 0 Å². The standard InChI is InChI=1S/C20H23Cl2FN2O3S2/c1-3-19(25(30(2,27)28)15-9-7-14(21)8-10-15)20(26)24-11-12-29-13-16-17(22)5-4-6-18(16)23/h4-10,19H,3,11-13H2,1-2H3,(H,24,26)/t19-/m1/s1. The molecule has 1 atom stereocenters. The van der Waals surface area contributed by atoms with E-state index >= 15 is 0 Å². The van der Waals surface area contributed by atoms with Gasteiger partial charge in [0.1, 0.15) is 11.9 Å². The van der Waals surface area contributed by atoms with Crippen LogP contribution in [0.15, 0.2) is 42.5 Å². The number of nitrogens with one attached hydrogen (secondary N) is 1. The van der Waals surface area contributed by atoms with E-state index in [0.29, 0.717) is 45.8 Å². The van der Waals surface area contributed by atoms with Crippen molar-refractivity contribution in [3.8, 4) is 0 Å². The van der Waals surface area contributed by atoms with E-state index in [1.165, 1.54) is 17.8 Å². The van der Waals surface area contributed by atoms with Gasteiger partial charge >= 0.3 is 0 Å². The zero-order chi connectivity index (χ0) is 22.3. The Labute approximate surface area is 191 Å². The smallest absolute Gasteiger partial charge is 0.243 e. The lowest BCUT2D eigenvalue weighted by atomic mass is 10.2. The van der Waals surface area contributed by atoms with Gasteiger partial charge in [-0.3, -0.25) is 9.10 Å². The quantitative estimate of drug-likeness (QED) is 0.487. The molecule has 5 nitrogen and oxygen atoms in total. The molecule has 1 amide bonds. The summed E-state index contributed by atoms with van der Waals surface area (Å²) < 4.78 is 39.6. The summed E-state index contributed by atoms with van der Waals surface area (Å²) in [6.45, 7) is 2.05. The minimum Gasteiger partial charge on any atom is -0.353 e. The van der Waals surface area contributed by atoms with Crippen molar-refractivity contribution >= 4 is 56.6 Å². The van der Waals surface area contributed by atoms with Gasteiger partial charge < -0.3 is 5.32 Å². The van der Waals surface area contributed by atoms with Crippen molar-refractivity contribution in [3.63, 3.8) is 0 Å². The molecule has 0 bridgehead atoms. The highest BCUT2D eigenvalue weighted by molar-refractivity contribution is 7.98. The van der Waals surface area contributed by atoms with Crippen LogP contribution in [-0.2, 0) is 20.6 Å². The Kier molecular flexibility index (Phi) is 9.28. The van der Waals surface area contributed by atoms with Gasteiger partial charge in [0.05, 0.1) is 11.9 Å². The maximum Gasteiger partial charge on any atom is 0.243 e. The number of nitrogens with zero attached hydrogens (tertiary/aromatic N) is 1. The van der Waals surface area contributed by atoms with Crippen LogP contribution in [0.4, 0.5) is 10.1 Å².